The molecule has 23 heavy (non-hydrogen) atoms. The summed E-state index contributed by atoms with van der Waals surface area (Å²) in [4.78, 5) is 0. The molecule has 0 atom stereocenters. The third-order valence-corrected chi connectivity index (χ3v) is 5.07. The van der Waals surface area contributed by atoms with Crippen LogP contribution in [0.4, 0.5) is 5.69 Å². The predicted molar refractivity (Wildman–Crippen MR) is 99.8 cm³/mol. The highest BCUT2D eigenvalue weighted by Crippen LogP contribution is 2.24. The number of nitrogens with two attached hydrogens (primary N) is 1. The number of unbranched alkanes of at least 4 members (excludes halogenated alkanes) is 5. The van der Waals surface area contributed by atoms with Crippen molar-refractivity contribution in [3.05, 3.63) is 64.7 Å². The fourth-order valence-corrected chi connectivity index (χ4v) is 3.52. The first-order chi connectivity index (χ1) is 11.3. The van der Waals surface area contributed by atoms with Crippen molar-refractivity contribution in [3.63, 3.8) is 0 Å². The van der Waals surface area contributed by atoms with E-state index in [9.17, 15) is 0 Å². The van der Waals surface area contributed by atoms with Crippen LogP contribution in [0, 0.1) is 0 Å². The van der Waals surface area contributed by atoms with Crippen LogP contribution in [-0.2, 0) is 25.7 Å². The quantitative estimate of drug-likeness (QED) is 0.481. The topological polar surface area (TPSA) is 26.0 Å². The molecule has 0 aromatic heterocycles. The first-order valence-corrected chi connectivity index (χ1v) is 9.26. The molecule has 2 aromatic carbocycles. The van der Waals surface area contributed by atoms with Crippen molar-refractivity contribution in [3.8, 4) is 0 Å². The molecule has 0 saturated heterocycles. The Kier molecular flexibility index (Phi) is 5.74. The van der Waals surface area contributed by atoms with Gasteiger partial charge in [0.1, 0.15) is 0 Å². The second-order valence-corrected chi connectivity index (χ2v) is 6.97. The summed E-state index contributed by atoms with van der Waals surface area (Å²) in [5.41, 5.74) is 12.8. The highest BCUT2D eigenvalue weighted by atomic mass is 14.5. The largest absolute Gasteiger partial charge is 0.399 e. The second kappa shape index (κ2) is 8.19. The van der Waals surface area contributed by atoms with Gasteiger partial charge in [0, 0.05) is 5.69 Å². The Balaban J connectivity index is 1.22. The summed E-state index contributed by atoms with van der Waals surface area (Å²) in [6.07, 6.45) is 13.1. The molecular formula is C22H29N. The van der Waals surface area contributed by atoms with E-state index < -0.39 is 0 Å². The molecule has 0 saturated carbocycles. The van der Waals surface area contributed by atoms with E-state index in [-0.39, 0.29) is 0 Å². The molecular weight excluding hydrogens is 278 g/mol. The van der Waals surface area contributed by atoms with E-state index in [0.717, 1.165) is 5.69 Å². The van der Waals surface area contributed by atoms with Crippen molar-refractivity contribution in [2.75, 3.05) is 5.73 Å². The molecule has 0 radical (unpaired) electrons. The van der Waals surface area contributed by atoms with E-state index in [2.05, 4.69) is 36.4 Å². The summed E-state index contributed by atoms with van der Waals surface area (Å²) in [6, 6.07) is 15.4. The average molecular weight is 307 g/mol. The number of benzene rings is 2. The smallest absolute Gasteiger partial charge is 0.0316 e. The summed E-state index contributed by atoms with van der Waals surface area (Å²) in [5, 5.41) is 0. The highest BCUT2D eigenvalue weighted by Gasteiger charge is 2.12. The molecule has 1 aliphatic rings. The molecule has 0 heterocycles. The Morgan fingerprint density at radius 2 is 1.30 bits per heavy atom. The molecule has 0 fully saturated rings. The van der Waals surface area contributed by atoms with Crippen molar-refractivity contribution in [2.24, 2.45) is 0 Å². The Morgan fingerprint density at radius 1 is 0.652 bits per heavy atom. The number of rotatable bonds is 9. The van der Waals surface area contributed by atoms with Crippen molar-refractivity contribution in [2.45, 2.75) is 64.2 Å². The van der Waals surface area contributed by atoms with E-state index >= 15 is 0 Å². The maximum Gasteiger partial charge on any atom is 0.0316 e. The molecule has 0 amide bonds. The summed E-state index contributed by atoms with van der Waals surface area (Å²) in [7, 11) is 0. The van der Waals surface area contributed by atoms with Crippen LogP contribution in [0.1, 0.15) is 60.8 Å². The molecule has 0 spiro atoms. The monoisotopic (exact) mass is 307 g/mol. The van der Waals surface area contributed by atoms with E-state index in [1.54, 1.807) is 16.7 Å². The summed E-state index contributed by atoms with van der Waals surface area (Å²) in [5.74, 6) is 0. The Labute approximate surface area is 140 Å². The second-order valence-electron chi connectivity index (χ2n) is 6.97. The Bertz CT molecular complexity index is 630. The number of hydrogen-bond donors (Lipinski definition) is 1. The van der Waals surface area contributed by atoms with Gasteiger partial charge in [-0.1, -0.05) is 56.0 Å². The van der Waals surface area contributed by atoms with Gasteiger partial charge in [-0.05, 0) is 72.9 Å². The van der Waals surface area contributed by atoms with Gasteiger partial charge in [0.05, 0.1) is 0 Å². The van der Waals surface area contributed by atoms with Gasteiger partial charge in [0.25, 0.3) is 0 Å². The first-order valence-electron chi connectivity index (χ1n) is 9.26. The van der Waals surface area contributed by atoms with Gasteiger partial charge in [0.2, 0.25) is 0 Å². The SMILES string of the molecule is Nc1cccc(CCCCCCCCc2ccc3c(c2)CC3)c1. The maximum atomic E-state index is 5.81. The van der Waals surface area contributed by atoms with Crippen molar-refractivity contribution < 1.29 is 0 Å². The van der Waals surface area contributed by atoms with Gasteiger partial charge in [-0.15, -0.1) is 0 Å². The number of aryl methyl sites for hydroxylation is 4. The Morgan fingerprint density at radius 3 is 1.91 bits per heavy atom. The number of anilines is 1. The third kappa shape index (κ3) is 4.86. The summed E-state index contributed by atoms with van der Waals surface area (Å²) in [6.45, 7) is 0. The fraction of sp³-hybridized carbons (Fsp3) is 0.455. The minimum Gasteiger partial charge on any atom is -0.399 e. The van der Waals surface area contributed by atoms with Crippen LogP contribution in [0.5, 0.6) is 0 Å². The van der Waals surface area contributed by atoms with Gasteiger partial charge in [0.15, 0.2) is 0 Å². The van der Waals surface area contributed by atoms with Crippen molar-refractivity contribution >= 4 is 5.69 Å². The lowest BCUT2D eigenvalue weighted by atomic mass is 9.86. The Hall–Kier alpha value is -1.76. The lowest BCUT2D eigenvalue weighted by Gasteiger charge is -2.19. The molecule has 0 unspecified atom stereocenters. The molecule has 2 aromatic rings. The van der Waals surface area contributed by atoms with Gasteiger partial charge in [-0.3, -0.25) is 0 Å². The number of hydrogen-bond acceptors (Lipinski definition) is 1. The zero-order valence-corrected chi connectivity index (χ0v) is 14.2. The molecule has 1 nitrogen and oxygen atoms in total. The first kappa shape index (κ1) is 16.1. The van der Waals surface area contributed by atoms with Gasteiger partial charge >= 0.3 is 0 Å². The third-order valence-electron chi connectivity index (χ3n) is 5.07. The summed E-state index contributed by atoms with van der Waals surface area (Å²) < 4.78 is 0. The van der Waals surface area contributed by atoms with Gasteiger partial charge in [-0.25, -0.2) is 0 Å². The minimum atomic E-state index is 0.887. The molecule has 1 aliphatic carbocycles. The summed E-state index contributed by atoms with van der Waals surface area (Å²) >= 11 is 0. The van der Waals surface area contributed by atoms with E-state index in [1.165, 1.54) is 69.8 Å². The van der Waals surface area contributed by atoms with Crippen LogP contribution >= 0.6 is 0 Å². The predicted octanol–water partition coefficient (Wildman–Crippen LogP) is 5.49. The van der Waals surface area contributed by atoms with E-state index in [4.69, 9.17) is 5.73 Å². The molecule has 122 valence electrons. The molecule has 2 N–H and O–H groups in total. The normalized spacial score (nSPS) is 12.7. The zero-order chi connectivity index (χ0) is 15.9. The van der Waals surface area contributed by atoms with Crippen molar-refractivity contribution in [1.29, 1.82) is 0 Å². The van der Waals surface area contributed by atoms with Crippen LogP contribution in [0.3, 0.4) is 0 Å². The van der Waals surface area contributed by atoms with Crippen LogP contribution in [0.25, 0.3) is 0 Å². The maximum absolute atomic E-state index is 5.81. The molecule has 3 rings (SSSR count). The van der Waals surface area contributed by atoms with Crippen LogP contribution in [0.2, 0.25) is 0 Å². The lowest BCUT2D eigenvalue weighted by molar-refractivity contribution is 0.593. The van der Waals surface area contributed by atoms with Crippen LogP contribution < -0.4 is 5.73 Å². The molecule has 0 aliphatic heterocycles. The van der Waals surface area contributed by atoms with Crippen LogP contribution in [0.15, 0.2) is 42.5 Å². The van der Waals surface area contributed by atoms with Crippen LogP contribution in [-0.4, -0.2) is 0 Å². The fourth-order valence-electron chi connectivity index (χ4n) is 3.52. The van der Waals surface area contributed by atoms with Gasteiger partial charge in [-0.2, -0.15) is 0 Å². The van der Waals surface area contributed by atoms with Gasteiger partial charge < -0.3 is 5.73 Å². The minimum absolute atomic E-state index is 0.887. The number of fused-ring (bicyclic) bond motifs is 1. The lowest BCUT2D eigenvalue weighted by Crippen LogP contribution is -2.08. The van der Waals surface area contributed by atoms with E-state index in [1.807, 2.05) is 6.07 Å². The molecule has 1 heteroatoms. The van der Waals surface area contributed by atoms with Crippen molar-refractivity contribution in [1.82, 2.24) is 0 Å². The average Bonchev–Trinajstić information content (AvgIpc) is 2.52. The van der Waals surface area contributed by atoms with E-state index in [0.29, 0.717) is 0 Å². The molecule has 0 bridgehead atoms. The highest BCUT2D eigenvalue weighted by molar-refractivity contribution is 5.40. The standard InChI is InChI=1S/C22H29N/c23-22-11-7-10-18(17-22)8-5-3-1-2-4-6-9-19-12-13-20-14-15-21(20)16-19/h7,10-13,16-17H,1-6,8-9,14-15,23H2. The zero-order valence-electron chi connectivity index (χ0n) is 14.2. The number of nitrogen functional groups attached to an aromatic ring is 1.